The van der Waals surface area contributed by atoms with E-state index in [-0.39, 0.29) is 25.9 Å². The first kappa shape index (κ1) is 10.3. The van der Waals surface area contributed by atoms with Crippen LogP contribution >= 0.6 is 11.6 Å². The van der Waals surface area contributed by atoms with Gasteiger partial charge < -0.3 is 2.85 Å². The monoisotopic (exact) mass is 166 g/mol. The standard InChI is InChI=1S/C8H9Cl.Mg.2H/c1-6-3-7(2)5-8(9)4-6;;;/h3-5H,1-2H3;;;/q;+2;2*-1. The summed E-state index contributed by atoms with van der Waals surface area (Å²) in [5.41, 5.74) is 2.44. The van der Waals surface area contributed by atoms with E-state index in [1.165, 1.54) is 11.1 Å². The Balaban J connectivity index is -0.000000270. The molecule has 2 heteroatoms. The summed E-state index contributed by atoms with van der Waals surface area (Å²) in [7, 11) is 0. The second-order valence-corrected chi connectivity index (χ2v) is 2.74. The minimum absolute atomic E-state index is 0. The topological polar surface area (TPSA) is 0 Å². The first-order valence-electron chi connectivity index (χ1n) is 2.92. The van der Waals surface area contributed by atoms with Crippen molar-refractivity contribution in [1.29, 1.82) is 0 Å². The molecule has 0 bridgehead atoms. The van der Waals surface area contributed by atoms with Crippen molar-refractivity contribution in [2.75, 3.05) is 0 Å². The van der Waals surface area contributed by atoms with E-state index in [0.29, 0.717) is 0 Å². The second-order valence-electron chi connectivity index (χ2n) is 2.31. The molecule has 0 spiro atoms. The van der Waals surface area contributed by atoms with Gasteiger partial charge >= 0.3 is 23.1 Å². The fourth-order valence-corrected chi connectivity index (χ4v) is 1.26. The molecule has 0 saturated carbocycles. The van der Waals surface area contributed by atoms with Crippen LogP contribution in [0, 0.1) is 13.8 Å². The van der Waals surface area contributed by atoms with Crippen LogP contribution in [0.2, 0.25) is 5.02 Å². The van der Waals surface area contributed by atoms with Crippen molar-refractivity contribution in [3.8, 4) is 0 Å². The maximum atomic E-state index is 5.75. The molecule has 0 N–H and O–H groups in total. The predicted molar refractivity (Wildman–Crippen MR) is 48.9 cm³/mol. The summed E-state index contributed by atoms with van der Waals surface area (Å²) >= 11 is 5.75. The fraction of sp³-hybridized carbons (Fsp3) is 0.250. The van der Waals surface area contributed by atoms with Crippen molar-refractivity contribution in [3.63, 3.8) is 0 Å². The predicted octanol–water partition coefficient (Wildman–Crippen LogP) is 2.80. The van der Waals surface area contributed by atoms with Crippen LogP contribution in [0.5, 0.6) is 0 Å². The average Bonchev–Trinajstić information content (AvgIpc) is 1.59. The van der Waals surface area contributed by atoms with E-state index >= 15 is 0 Å². The molecule has 0 saturated heterocycles. The molecule has 0 fully saturated rings. The number of halogens is 1. The van der Waals surface area contributed by atoms with E-state index in [9.17, 15) is 0 Å². The molecule has 0 atom stereocenters. The van der Waals surface area contributed by atoms with Crippen LogP contribution in [-0.2, 0) is 0 Å². The third-order valence-electron chi connectivity index (χ3n) is 1.19. The molecule has 1 aromatic carbocycles. The van der Waals surface area contributed by atoms with E-state index in [0.717, 1.165) is 5.02 Å². The van der Waals surface area contributed by atoms with E-state index in [1.54, 1.807) is 0 Å². The smallest absolute Gasteiger partial charge is 1.00 e. The second kappa shape index (κ2) is 4.22. The molecule has 1 aromatic rings. The molecule has 0 aromatic heterocycles. The average molecular weight is 167 g/mol. The number of aryl methyl sites for hydroxylation is 2. The van der Waals surface area contributed by atoms with Crippen LogP contribution in [0.3, 0.4) is 0 Å². The Kier molecular flexibility index (Phi) is 4.33. The summed E-state index contributed by atoms with van der Waals surface area (Å²) in [5.74, 6) is 0. The SMILES string of the molecule is Cc1cc(C)cc(Cl)c1.[H-].[H-].[Mg+2]. The van der Waals surface area contributed by atoms with Crippen LogP contribution in [0.1, 0.15) is 14.0 Å². The van der Waals surface area contributed by atoms with Gasteiger partial charge in [-0.1, -0.05) is 17.7 Å². The van der Waals surface area contributed by atoms with Gasteiger partial charge in [-0.3, -0.25) is 0 Å². The summed E-state index contributed by atoms with van der Waals surface area (Å²) < 4.78 is 0. The molecule has 0 aliphatic carbocycles. The Morgan fingerprint density at radius 3 is 1.80 bits per heavy atom. The number of hydrogen-bond donors (Lipinski definition) is 0. The van der Waals surface area contributed by atoms with Gasteiger partial charge in [0.1, 0.15) is 0 Å². The minimum atomic E-state index is 0. The molecule has 0 amide bonds. The van der Waals surface area contributed by atoms with Crippen molar-refractivity contribution >= 4 is 34.7 Å². The van der Waals surface area contributed by atoms with Gasteiger partial charge in [-0.15, -0.1) is 0 Å². The zero-order valence-corrected chi connectivity index (χ0v) is 8.49. The van der Waals surface area contributed by atoms with Gasteiger partial charge in [0, 0.05) is 5.02 Å². The summed E-state index contributed by atoms with van der Waals surface area (Å²) in [6.07, 6.45) is 0. The summed E-state index contributed by atoms with van der Waals surface area (Å²) in [4.78, 5) is 0. The molecule has 0 aliphatic heterocycles. The van der Waals surface area contributed by atoms with E-state index < -0.39 is 0 Å². The van der Waals surface area contributed by atoms with Crippen LogP contribution in [0.25, 0.3) is 0 Å². The normalized spacial score (nSPS) is 8.70. The van der Waals surface area contributed by atoms with Crippen LogP contribution in [0.4, 0.5) is 0 Å². The molecule has 0 nitrogen and oxygen atoms in total. The van der Waals surface area contributed by atoms with Crippen LogP contribution in [0.15, 0.2) is 18.2 Å². The molecule has 0 unspecified atom stereocenters. The first-order chi connectivity index (χ1) is 4.18. The summed E-state index contributed by atoms with van der Waals surface area (Å²) in [6.45, 7) is 4.08. The Morgan fingerprint density at radius 2 is 1.50 bits per heavy atom. The molecular weight excluding hydrogens is 156 g/mol. The zero-order valence-electron chi connectivity index (χ0n) is 8.32. The largest absolute Gasteiger partial charge is 2.00 e. The Morgan fingerprint density at radius 1 is 1.10 bits per heavy atom. The summed E-state index contributed by atoms with van der Waals surface area (Å²) in [5, 5.41) is 0.826. The van der Waals surface area contributed by atoms with Gasteiger partial charge in [-0.05, 0) is 37.1 Å². The Hall–Kier alpha value is 0.276. The van der Waals surface area contributed by atoms with Gasteiger partial charge in [0.25, 0.3) is 0 Å². The minimum Gasteiger partial charge on any atom is -1.00 e. The van der Waals surface area contributed by atoms with Gasteiger partial charge in [0.05, 0.1) is 0 Å². The zero-order chi connectivity index (χ0) is 6.85. The maximum Gasteiger partial charge on any atom is 2.00 e. The van der Waals surface area contributed by atoms with Crippen LogP contribution < -0.4 is 0 Å². The molecule has 0 heterocycles. The van der Waals surface area contributed by atoms with Gasteiger partial charge in [0.2, 0.25) is 0 Å². The fourth-order valence-electron chi connectivity index (χ4n) is 0.919. The molecular formula is C8H11ClMg. The van der Waals surface area contributed by atoms with E-state index in [4.69, 9.17) is 11.6 Å². The van der Waals surface area contributed by atoms with Crippen molar-refractivity contribution < 1.29 is 2.85 Å². The Labute approximate surface area is 85.7 Å². The third kappa shape index (κ3) is 2.91. The molecule has 10 heavy (non-hydrogen) atoms. The van der Waals surface area contributed by atoms with Crippen molar-refractivity contribution in [3.05, 3.63) is 34.3 Å². The number of hydrogen-bond acceptors (Lipinski definition) is 0. The molecule has 1 rings (SSSR count). The third-order valence-corrected chi connectivity index (χ3v) is 1.40. The van der Waals surface area contributed by atoms with Crippen molar-refractivity contribution in [1.82, 2.24) is 0 Å². The maximum absolute atomic E-state index is 5.75. The molecule has 52 valence electrons. The summed E-state index contributed by atoms with van der Waals surface area (Å²) in [6, 6.07) is 6.01. The van der Waals surface area contributed by atoms with Gasteiger partial charge in [-0.2, -0.15) is 0 Å². The molecule has 0 radical (unpaired) electrons. The quantitative estimate of drug-likeness (QED) is 0.521. The van der Waals surface area contributed by atoms with Crippen molar-refractivity contribution in [2.24, 2.45) is 0 Å². The Bertz CT molecular complexity index is 178. The first-order valence-corrected chi connectivity index (χ1v) is 3.30. The van der Waals surface area contributed by atoms with Crippen LogP contribution in [-0.4, -0.2) is 23.1 Å². The molecule has 0 aliphatic rings. The van der Waals surface area contributed by atoms with E-state index in [1.807, 2.05) is 26.0 Å². The number of benzene rings is 1. The van der Waals surface area contributed by atoms with Crippen molar-refractivity contribution in [2.45, 2.75) is 13.8 Å². The van der Waals surface area contributed by atoms with Gasteiger partial charge in [-0.25, -0.2) is 0 Å². The number of rotatable bonds is 0. The van der Waals surface area contributed by atoms with E-state index in [2.05, 4.69) is 6.07 Å². The van der Waals surface area contributed by atoms with Gasteiger partial charge in [0.15, 0.2) is 0 Å².